The molecule has 4 heteroatoms. The van der Waals surface area contributed by atoms with E-state index in [9.17, 15) is 4.79 Å². The van der Waals surface area contributed by atoms with Crippen LogP contribution in [0, 0.1) is 5.92 Å². The molecular formula is C12H25N3O. The van der Waals surface area contributed by atoms with Crippen molar-refractivity contribution in [3.05, 3.63) is 0 Å². The molecule has 0 bridgehead atoms. The average molecular weight is 227 g/mol. The van der Waals surface area contributed by atoms with Gasteiger partial charge in [0.25, 0.3) is 0 Å². The lowest BCUT2D eigenvalue weighted by Gasteiger charge is -2.28. The average Bonchev–Trinajstić information content (AvgIpc) is 2.25. The van der Waals surface area contributed by atoms with E-state index in [-0.39, 0.29) is 11.8 Å². The van der Waals surface area contributed by atoms with Gasteiger partial charge in [-0.3, -0.25) is 4.79 Å². The summed E-state index contributed by atoms with van der Waals surface area (Å²) in [5.41, 5.74) is 0. The summed E-state index contributed by atoms with van der Waals surface area (Å²) < 4.78 is 0. The summed E-state index contributed by atoms with van der Waals surface area (Å²) in [6, 6.07) is 0.860. The van der Waals surface area contributed by atoms with Crippen molar-refractivity contribution < 1.29 is 4.79 Å². The van der Waals surface area contributed by atoms with E-state index in [1.54, 1.807) is 0 Å². The lowest BCUT2D eigenvalue weighted by atomic mass is 9.92. The van der Waals surface area contributed by atoms with Crippen LogP contribution in [0.1, 0.15) is 26.7 Å². The first-order valence-corrected chi connectivity index (χ1v) is 6.18. The molecule has 1 fully saturated rings. The fourth-order valence-electron chi connectivity index (χ4n) is 1.95. The van der Waals surface area contributed by atoms with Gasteiger partial charge in [0.1, 0.15) is 0 Å². The Bertz CT molecular complexity index is 230. The second kappa shape index (κ2) is 6.21. The van der Waals surface area contributed by atoms with Crippen LogP contribution < -0.4 is 10.6 Å². The Kier molecular flexibility index (Phi) is 5.22. The number of likely N-dealkylation sites (N-methyl/N-ethyl adjacent to an activating group) is 1. The quantitative estimate of drug-likeness (QED) is 0.732. The van der Waals surface area contributed by atoms with Crippen LogP contribution in [0.2, 0.25) is 0 Å². The molecule has 0 aromatic heterocycles. The fraction of sp³-hybridized carbons (Fsp3) is 0.917. The van der Waals surface area contributed by atoms with Crippen LogP contribution in [0.3, 0.4) is 0 Å². The maximum Gasteiger partial charge on any atom is 0.223 e. The molecule has 0 radical (unpaired) electrons. The molecule has 1 heterocycles. The number of amides is 1. The van der Waals surface area contributed by atoms with Crippen LogP contribution in [-0.4, -0.2) is 50.1 Å². The maximum atomic E-state index is 11.9. The standard InChI is InChI=1S/C12H25N3O/c1-9-7-11(5-6-13-9)12(16)14-8-10(2)15(3)4/h9-11,13H,5-8H2,1-4H3,(H,14,16). The van der Waals surface area contributed by atoms with E-state index in [0.29, 0.717) is 12.1 Å². The smallest absolute Gasteiger partial charge is 0.223 e. The van der Waals surface area contributed by atoms with Crippen molar-refractivity contribution in [1.82, 2.24) is 15.5 Å². The second-order valence-corrected chi connectivity index (χ2v) is 5.13. The topological polar surface area (TPSA) is 44.4 Å². The zero-order chi connectivity index (χ0) is 12.1. The van der Waals surface area contributed by atoms with Gasteiger partial charge in [0.2, 0.25) is 5.91 Å². The van der Waals surface area contributed by atoms with Gasteiger partial charge in [0.05, 0.1) is 0 Å². The molecule has 0 aromatic rings. The summed E-state index contributed by atoms with van der Waals surface area (Å²) >= 11 is 0. The number of carbonyl (C=O) groups excluding carboxylic acids is 1. The maximum absolute atomic E-state index is 11.9. The van der Waals surface area contributed by atoms with Crippen LogP contribution in [0.5, 0.6) is 0 Å². The van der Waals surface area contributed by atoms with Crippen LogP contribution >= 0.6 is 0 Å². The highest BCUT2D eigenvalue weighted by molar-refractivity contribution is 5.78. The highest BCUT2D eigenvalue weighted by Gasteiger charge is 2.24. The molecule has 1 aliphatic heterocycles. The van der Waals surface area contributed by atoms with E-state index in [2.05, 4.69) is 29.4 Å². The minimum atomic E-state index is 0.200. The molecule has 3 unspecified atom stereocenters. The van der Waals surface area contributed by atoms with Gasteiger partial charge in [0, 0.05) is 24.5 Å². The van der Waals surface area contributed by atoms with Crippen molar-refractivity contribution in [1.29, 1.82) is 0 Å². The predicted molar refractivity (Wildman–Crippen MR) is 66.3 cm³/mol. The predicted octanol–water partition coefficient (Wildman–Crippen LogP) is 0.441. The van der Waals surface area contributed by atoms with Crippen LogP contribution in [0.25, 0.3) is 0 Å². The Morgan fingerprint density at radius 1 is 1.56 bits per heavy atom. The van der Waals surface area contributed by atoms with Gasteiger partial charge in [-0.15, -0.1) is 0 Å². The van der Waals surface area contributed by atoms with E-state index in [4.69, 9.17) is 0 Å². The fourth-order valence-corrected chi connectivity index (χ4v) is 1.95. The number of nitrogens with one attached hydrogen (secondary N) is 2. The molecule has 0 spiro atoms. The Morgan fingerprint density at radius 2 is 2.25 bits per heavy atom. The lowest BCUT2D eigenvalue weighted by molar-refractivity contribution is -0.126. The third-order valence-corrected chi connectivity index (χ3v) is 3.45. The molecule has 1 amide bonds. The highest BCUT2D eigenvalue weighted by atomic mass is 16.1. The van der Waals surface area contributed by atoms with Crippen molar-refractivity contribution in [2.45, 2.75) is 38.8 Å². The summed E-state index contributed by atoms with van der Waals surface area (Å²) in [7, 11) is 4.06. The first-order valence-electron chi connectivity index (χ1n) is 6.18. The van der Waals surface area contributed by atoms with Gasteiger partial charge in [-0.1, -0.05) is 0 Å². The Morgan fingerprint density at radius 3 is 2.81 bits per heavy atom. The first-order chi connectivity index (χ1) is 7.50. The van der Waals surface area contributed by atoms with Crippen molar-refractivity contribution in [2.24, 2.45) is 5.92 Å². The Hall–Kier alpha value is -0.610. The van der Waals surface area contributed by atoms with Crippen LogP contribution in [0.15, 0.2) is 0 Å². The van der Waals surface area contributed by atoms with Crippen molar-refractivity contribution in [3.63, 3.8) is 0 Å². The summed E-state index contributed by atoms with van der Waals surface area (Å²) in [5, 5.41) is 6.41. The molecule has 0 saturated carbocycles. The summed E-state index contributed by atoms with van der Waals surface area (Å²) in [6.07, 6.45) is 1.93. The van der Waals surface area contributed by atoms with Gasteiger partial charge < -0.3 is 15.5 Å². The number of hydrogen-bond acceptors (Lipinski definition) is 3. The highest BCUT2D eigenvalue weighted by Crippen LogP contribution is 2.15. The Balaban J connectivity index is 2.29. The monoisotopic (exact) mass is 227 g/mol. The van der Waals surface area contributed by atoms with E-state index in [0.717, 1.165) is 25.9 Å². The van der Waals surface area contributed by atoms with Crippen LogP contribution in [0.4, 0.5) is 0 Å². The molecule has 2 N–H and O–H groups in total. The third-order valence-electron chi connectivity index (χ3n) is 3.45. The number of hydrogen-bond donors (Lipinski definition) is 2. The first kappa shape index (κ1) is 13.5. The number of carbonyl (C=O) groups is 1. The molecule has 16 heavy (non-hydrogen) atoms. The molecule has 1 rings (SSSR count). The molecule has 1 aliphatic rings. The summed E-state index contributed by atoms with van der Waals surface area (Å²) in [6.45, 7) is 5.96. The third kappa shape index (κ3) is 4.10. The largest absolute Gasteiger partial charge is 0.354 e. The zero-order valence-electron chi connectivity index (χ0n) is 10.9. The van der Waals surface area contributed by atoms with Gasteiger partial charge >= 0.3 is 0 Å². The van der Waals surface area contributed by atoms with Crippen LogP contribution in [-0.2, 0) is 4.79 Å². The molecular weight excluding hydrogens is 202 g/mol. The van der Waals surface area contributed by atoms with Crippen molar-refractivity contribution >= 4 is 5.91 Å². The molecule has 4 nitrogen and oxygen atoms in total. The molecule has 3 atom stereocenters. The molecule has 1 saturated heterocycles. The van der Waals surface area contributed by atoms with Gasteiger partial charge in [-0.2, -0.15) is 0 Å². The van der Waals surface area contributed by atoms with E-state index in [1.807, 2.05) is 14.1 Å². The van der Waals surface area contributed by atoms with Gasteiger partial charge in [0.15, 0.2) is 0 Å². The number of piperidine rings is 1. The molecule has 94 valence electrons. The summed E-state index contributed by atoms with van der Waals surface area (Å²) in [4.78, 5) is 14.0. The van der Waals surface area contributed by atoms with E-state index >= 15 is 0 Å². The zero-order valence-corrected chi connectivity index (χ0v) is 10.9. The second-order valence-electron chi connectivity index (χ2n) is 5.13. The van der Waals surface area contributed by atoms with Gasteiger partial charge in [-0.05, 0) is 47.3 Å². The van der Waals surface area contributed by atoms with Gasteiger partial charge in [-0.25, -0.2) is 0 Å². The lowest BCUT2D eigenvalue weighted by Crippen LogP contribution is -2.45. The normalized spacial score (nSPS) is 27.8. The number of nitrogens with zero attached hydrogens (tertiary/aromatic N) is 1. The molecule has 0 aromatic carbocycles. The number of rotatable bonds is 4. The summed E-state index contributed by atoms with van der Waals surface area (Å²) in [5.74, 6) is 0.424. The Labute approximate surface area is 98.8 Å². The molecule has 0 aliphatic carbocycles. The van der Waals surface area contributed by atoms with Crippen molar-refractivity contribution in [2.75, 3.05) is 27.2 Å². The van der Waals surface area contributed by atoms with Crippen molar-refractivity contribution in [3.8, 4) is 0 Å². The SMILES string of the molecule is CC1CC(C(=O)NCC(C)N(C)C)CCN1. The van der Waals surface area contributed by atoms with E-state index in [1.165, 1.54) is 0 Å². The minimum Gasteiger partial charge on any atom is -0.354 e. The van der Waals surface area contributed by atoms with E-state index < -0.39 is 0 Å². The minimum absolute atomic E-state index is 0.200.